The number of benzene rings is 6. The Morgan fingerprint density at radius 1 is 0.625 bits per heavy atom. The van der Waals surface area contributed by atoms with E-state index in [1.54, 1.807) is 6.07 Å². The van der Waals surface area contributed by atoms with Crippen LogP contribution < -0.4 is 0 Å². The van der Waals surface area contributed by atoms with Gasteiger partial charge in [-0.2, -0.15) is 0 Å². The van der Waals surface area contributed by atoms with E-state index >= 15 is 0 Å². The van der Waals surface area contributed by atoms with Crippen LogP contribution in [0.25, 0.3) is 55.0 Å². The number of halogens is 2. The monoisotopic (exact) mass is 642 g/mol. The number of fused-ring (bicyclic) bond motifs is 16. The van der Waals surface area contributed by atoms with Crippen LogP contribution in [0.1, 0.15) is 27.8 Å². The van der Waals surface area contributed by atoms with Gasteiger partial charge in [0.05, 0.1) is 9.89 Å². The van der Waals surface area contributed by atoms with E-state index in [0.717, 1.165) is 42.0 Å². The van der Waals surface area contributed by atoms with Gasteiger partial charge in [0.1, 0.15) is 16.9 Å². The van der Waals surface area contributed by atoms with Crippen LogP contribution in [0.15, 0.2) is 110 Å². The van der Waals surface area contributed by atoms with E-state index in [-0.39, 0.29) is 5.75 Å². The van der Waals surface area contributed by atoms with E-state index in [4.69, 9.17) is 4.42 Å². The average Bonchev–Trinajstić information content (AvgIpc) is 3.57. The Balaban J connectivity index is 1.62. The number of para-hydroxylation sites is 1. The fourth-order valence-corrected chi connectivity index (χ4v) is 8.55. The Kier molecular flexibility index (Phi) is 4.38. The molecule has 0 fully saturated rings. The largest absolute Gasteiger partial charge is 0.508 e. The van der Waals surface area contributed by atoms with Crippen molar-refractivity contribution in [2.45, 2.75) is 12.3 Å². The van der Waals surface area contributed by atoms with Crippen LogP contribution in [-0.2, 0) is 5.41 Å². The molecule has 40 heavy (non-hydrogen) atoms. The molecule has 0 radical (unpaired) electrons. The lowest BCUT2D eigenvalue weighted by molar-refractivity contribution is 0.474. The van der Waals surface area contributed by atoms with Crippen LogP contribution >= 0.6 is 31.9 Å². The molecule has 1 heterocycles. The maximum Gasteiger partial charge on any atom is 0.150 e. The van der Waals surface area contributed by atoms with E-state index in [1.165, 1.54) is 49.7 Å². The van der Waals surface area contributed by atoms with Crippen molar-refractivity contribution in [2.24, 2.45) is 0 Å². The molecule has 9 rings (SSSR count). The van der Waals surface area contributed by atoms with Gasteiger partial charge in [-0.15, -0.1) is 0 Å². The average molecular weight is 644 g/mol. The lowest BCUT2D eigenvalue weighted by Crippen LogP contribution is -2.26. The van der Waals surface area contributed by atoms with Crippen molar-refractivity contribution in [3.05, 3.63) is 134 Å². The molecule has 1 aromatic heterocycles. The summed E-state index contributed by atoms with van der Waals surface area (Å²) in [7, 11) is 0. The summed E-state index contributed by atoms with van der Waals surface area (Å²) in [5, 5.41) is 15.5. The lowest BCUT2D eigenvalue weighted by Gasteiger charge is -2.31. The zero-order chi connectivity index (χ0) is 26.9. The molecule has 190 valence electrons. The minimum Gasteiger partial charge on any atom is -0.508 e. The van der Waals surface area contributed by atoms with Crippen molar-refractivity contribution in [1.29, 1.82) is 0 Å². The number of phenolic OH excluding ortho intramolecular Hbond substituents is 1. The molecule has 1 spiro atoms. The molecule has 0 amide bonds. The molecule has 1 atom stereocenters. The summed E-state index contributed by atoms with van der Waals surface area (Å²) < 4.78 is 8.48. The SMILES string of the molecule is Cc1ccc2c(c1)C1(c3cc(O)ccc3-2)c2cc(Br)c3ccccc3c2-c2c1cc(Br)c1oc3ccccc3c21. The van der Waals surface area contributed by atoms with Gasteiger partial charge < -0.3 is 9.52 Å². The van der Waals surface area contributed by atoms with Crippen LogP contribution in [0.3, 0.4) is 0 Å². The Labute approximate surface area is 247 Å². The third-order valence-corrected chi connectivity index (χ3v) is 10.2. The maximum atomic E-state index is 10.9. The summed E-state index contributed by atoms with van der Waals surface area (Å²) in [5.41, 5.74) is 11.9. The molecule has 6 aromatic carbocycles. The first-order valence-electron chi connectivity index (χ1n) is 13.3. The molecular formula is C36H20Br2O2. The highest BCUT2D eigenvalue weighted by Crippen LogP contribution is 2.66. The van der Waals surface area contributed by atoms with Crippen molar-refractivity contribution in [2.75, 3.05) is 0 Å². The first-order chi connectivity index (χ1) is 19.5. The van der Waals surface area contributed by atoms with E-state index in [9.17, 15) is 5.11 Å². The van der Waals surface area contributed by atoms with Gasteiger partial charge in [-0.25, -0.2) is 0 Å². The minimum atomic E-state index is -0.609. The first-order valence-corrected chi connectivity index (χ1v) is 14.9. The van der Waals surface area contributed by atoms with Gasteiger partial charge in [0.2, 0.25) is 0 Å². The first kappa shape index (κ1) is 22.9. The molecule has 1 N–H and O–H groups in total. The van der Waals surface area contributed by atoms with Crippen molar-refractivity contribution in [3.63, 3.8) is 0 Å². The van der Waals surface area contributed by atoms with Gasteiger partial charge >= 0.3 is 0 Å². The summed E-state index contributed by atoms with van der Waals surface area (Å²) in [4.78, 5) is 0. The summed E-state index contributed by atoms with van der Waals surface area (Å²) >= 11 is 7.88. The fourth-order valence-electron chi connectivity index (χ4n) is 7.46. The van der Waals surface area contributed by atoms with E-state index in [0.29, 0.717) is 0 Å². The van der Waals surface area contributed by atoms with Crippen LogP contribution in [0, 0.1) is 6.92 Å². The van der Waals surface area contributed by atoms with Crippen LogP contribution in [0.5, 0.6) is 5.75 Å². The molecule has 0 saturated carbocycles. The molecule has 0 saturated heterocycles. The predicted octanol–water partition coefficient (Wildman–Crippen LogP) is 10.6. The fraction of sp³-hybridized carbons (Fsp3) is 0.0556. The molecule has 2 aliphatic rings. The topological polar surface area (TPSA) is 33.4 Å². The van der Waals surface area contributed by atoms with Crippen molar-refractivity contribution >= 4 is 64.6 Å². The highest BCUT2D eigenvalue weighted by Gasteiger charge is 2.53. The van der Waals surface area contributed by atoms with E-state index in [2.05, 4.69) is 112 Å². The second-order valence-corrected chi connectivity index (χ2v) is 12.6. The molecule has 1 unspecified atom stereocenters. The van der Waals surface area contributed by atoms with Gasteiger partial charge in [0.15, 0.2) is 0 Å². The Hall–Kier alpha value is -3.86. The number of furan rings is 1. The van der Waals surface area contributed by atoms with E-state index < -0.39 is 5.41 Å². The van der Waals surface area contributed by atoms with E-state index in [1.807, 2.05) is 18.2 Å². The Morgan fingerprint density at radius 2 is 1.27 bits per heavy atom. The molecule has 2 aliphatic carbocycles. The number of aryl methyl sites for hydroxylation is 1. The molecular weight excluding hydrogens is 624 g/mol. The normalized spacial score (nSPS) is 16.6. The number of rotatable bonds is 0. The molecule has 0 aliphatic heterocycles. The summed E-state index contributed by atoms with van der Waals surface area (Å²) in [5.74, 6) is 0.270. The van der Waals surface area contributed by atoms with Crippen molar-refractivity contribution < 1.29 is 9.52 Å². The van der Waals surface area contributed by atoms with Crippen molar-refractivity contribution in [1.82, 2.24) is 0 Å². The van der Waals surface area contributed by atoms with Gasteiger partial charge in [-0.05, 0) is 108 Å². The quantitative estimate of drug-likeness (QED) is 0.178. The second-order valence-electron chi connectivity index (χ2n) is 10.9. The number of hydrogen-bond donors (Lipinski definition) is 1. The third kappa shape index (κ3) is 2.60. The van der Waals surface area contributed by atoms with Gasteiger partial charge in [-0.1, -0.05) is 88.2 Å². The Bertz CT molecular complexity index is 2220. The maximum absolute atomic E-state index is 10.9. The number of phenols is 1. The number of hydrogen-bond acceptors (Lipinski definition) is 2. The molecule has 0 bridgehead atoms. The minimum absolute atomic E-state index is 0.270. The van der Waals surface area contributed by atoms with Gasteiger partial charge in [0.25, 0.3) is 0 Å². The summed E-state index contributed by atoms with van der Waals surface area (Å²) in [6.07, 6.45) is 0. The highest BCUT2D eigenvalue weighted by atomic mass is 79.9. The zero-order valence-electron chi connectivity index (χ0n) is 21.3. The predicted molar refractivity (Wildman–Crippen MR) is 169 cm³/mol. The second kappa shape index (κ2) is 7.66. The molecule has 2 nitrogen and oxygen atoms in total. The number of aromatic hydroxyl groups is 1. The summed E-state index contributed by atoms with van der Waals surface area (Å²) in [6.45, 7) is 2.16. The van der Waals surface area contributed by atoms with Crippen LogP contribution in [0.4, 0.5) is 0 Å². The summed E-state index contributed by atoms with van der Waals surface area (Å²) in [6, 6.07) is 34.1. The highest BCUT2D eigenvalue weighted by molar-refractivity contribution is 9.11. The molecule has 4 heteroatoms. The Morgan fingerprint density at radius 3 is 2.10 bits per heavy atom. The zero-order valence-corrected chi connectivity index (χ0v) is 24.5. The molecule has 7 aromatic rings. The van der Waals surface area contributed by atoms with Crippen LogP contribution in [-0.4, -0.2) is 5.11 Å². The van der Waals surface area contributed by atoms with Crippen molar-refractivity contribution in [3.8, 4) is 28.0 Å². The lowest BCUT2D eigenvalue weighted by atomic mass is 9.70. The standard InChI is InChI=1S/C36H20Br2O2/c1-18-10-12-20-21-13-11-19(39)15-26(21)36(25(20)14-18)27-16-29(37)22-6-2-3-7-23(22)32(27)34-28(36)17-30(38)35-33(34)24-8-4-5-9-31(24)40-35/h2-17,39H,1H3. The van der Waals surface area contributed by atoms with Crippen LogP contribution in [0.2, 0.25) is 0 Å². The third-order valence-electron chi connectivity index (χ3n) is 8.93. The van der Waals surface area contributed by atoms with Gasteiger partial charge in [0, 0.05) is 15.2 Å². The van der Waals surface area contributed by atoms with Gasteiger partial charge in [-0.3, -0.25) is 0 Å². The smallest absolute Gasteiger partial charge is 0.150 e.